The van der Waals surface area contributed by atoms with Crippen molar-refractivity contribution in [3.05, 3.63) is 17.8 Å². The molecule has 6 heteroatoms. The van der Waals surface area contributed by atoms with Crippen molar-refractivity contribution in [1.82, 2.24) is 20.5 Å². The molecular formula is C20H37N5O. The summed E-state index contributed by atoms with van der Waals surface area (Å²) in [5.41, 5.74) is -0.0228. The third-order valence-electron chi connectivity index (χ3n) is 4.83. The van der Waals surface area contributed by atoms with E-state index in [1.807, 2.05) is 6.20 Å². The zero-order chi connectivity index (χ0) is 19.2. The van der Waals surface area contributed by atoms with Gasteiger partial charge in [-0.3, -0.25) is 9.89 Å². The Morgan fingerprint density at radius 1 is 1.27 bits per heavy atom. The van der Waals surface area contributed by atoms with Gasteiger partial charge in [0.1, 0.15) is 5.76 Å². The normalized spacial score (nSPS) is 17.7. The summed E-state index contributed by atoms with van der Waals surface area (Å²) in [5.74, 6) is 3.09. The van der Waals surface area contributed by atoms with Crippen molar-refractivity contribution in [2.45, 2.75) is 71.9 Å². The van der Waals surface area contributed by atoms with Gasteiger partial charge in [-0.15, -0.1) is 0 Å². The molecule has 0 saturated carbocycles. The maximum atomic E-state index is 5.84. The van der Waals surface area contributed by atoms with E-state index in [4.69, 9.17) is 4.42 Å². The lowest BCUT2D eigenvalue weighted by Gasteiger charge is -2.29. The van der Waals surface area contributed by atoms with Crippen molar-refractivity contribution in [2.75, 3.05) is 26.7 Å². The molecule has 0 aromatic carbocycles. The molecule has 1 aromatic heterocycles. The molecule has 0 spiro atoms. The Bertz CT molecular complexity index is 567. The molecule has 2 heterocycles. The van der Waals surface area contributed by atoms with E-state index in [2.05, 4.69) is 60.1 Å². The molecular weight excluding hydrogens is 326 g/mol. The van der Waals surface area contributed by atoms with E-state index < -0.39 is 0 Å². The van der Waals surface area contributed by atoms with Crippen molar-refractivity contribution in [1.29, 1.82) is 0 Å². The van der Waals surface area contributed by atoms with E-state index in [1.165, 1.54) is 32.4 Å². The highest BCUT2D eigenvalue weighted by Gasteiger charge is 2.23. The van der Waals surface area contributed by atoms with Gasteiger partial charge in [0, 0.05) is 25.0 Å². The summed E-state index contributed by atoms with van der Waals surface area (Å²) in [6.07, 6.45) is 5.67. The molecule has 1 atom stereocenters. The highest BCUT2D eigenvalue weighted by molar-refractivity contribution is 5.79. The molecule has 1 aliphatic heterocycles. The first-order valence-electron chi connectivity index (χ1n) is 9.93. The molecule has 1 unspecified atom stereocenters. The molecule has 0 bridgehead atoms. The number of hydrogen-bond acceptors (Lipinski definition) is 4. The molecule has 0 amide bonds. The van der Waals surface area contributed by atoms with Gasteiger partial charge in [-0.2, -0.15) is 0 Å². The monoisotopic (exact) mass is 363 g/mol. The number of nitrogens with one attached hydrogen (secondary N) is 2. The Kier molecular flexibility index (Phi) is 7.50. The summed E-state index contributed by atoms with van der Waals surface area (Å²) in [6, 6.07) is 0.560. The van der Waals surface area contributed by atoms with Crippen molar-refractivity contribution in [2.24, 2.45) is 10.9 Å². The number of oxazole rings is 1. The van der Waals surface area contributed by atoms with E-state index in [9.17, 15) is 0 Å². The van der Waals surface area contributed by atoms with Gasteiger partial charge in [0.2, 0.25) is 5.89 Å². The Morgan fingerprint density at radius 2 is 1.96 bits per heavy atom. The Labute approximate surface area is 158 Å². The lowest BCUT2D eigenvalue weighted by molar-refractivity contribution is 0.213. The second-order valence-corrected chi connectivity index (χ2v) is 8.70. The Hall–Kier alpha value is -1.56. The number of rotatable bonds is 7. The first-order chi connectivity index (χ1) is 12.3. The topological polar surface area (TPSA) is 65.7 Å². The zero-order valence-corrected chi connectivity index (χ0v) is 17.4. The van der Waals surface area contributed by atoms with Gasteiger partial charge in [-0.25, -0.2) is 4.98 Å². The average Bonchev–Trinajstić information content (AvgIpc) is 3.24. The molecule has 26 heavy (non-hydrogen) atoms. The van der Waals surface area contributed by atoms with Crippen molar-refractivity contribution in [3.63, 3.8) is 0 Å². The highest BCUT2D eigenvalue weighted by Crippen LogP contribution is 2.22. The summed E-state index contributed by atoms with van der Waals surface area (Å²) >= 11 is 0. The van der Waals surface area contributed by atoms with E-state index >= 15 is 0 Å². The average molecular weight is 364 g/mol. The second-order valence-electron chi connectivity index (χ2n) is 8.70. The van der Waals surface area contributed by atoms with Gasteiger partial charge in [0.25, 0.3) is 0 Å². The fraction of sp³-hybridized carbons (Fsp3) is 0.800. The van der Waals surface area contributed by atoms with Gasteiger partial charge >= 0.3 is 0 Å². The van der Waals surface area contributed by atoms with Gasteiger partial charge < -0.3 is 15.1 Å². The van der Waals surface area contributed by atoms with Gasteiger partial charge in [0.05, 0.1) is 12.7 Å². The molecule has 148 valence electrons. The summed E-state index contributed by atoms with van der Waals surface area (Å²) in [6.45, 7) is 14.9. The predicted molar refractivity (Wildman–Crippen MR) is 107 cm³/mol. The van der Waals surface area contributed by atoms with Gasteiger partial charge in [-0.05, 0) is 38.3 Å². The minimum absolute atomic E-state index is 0.0228. The SMILES string of the molecule is CN=C(NCc1ncc(C(C)(C)C)o1)NCC(CC(C)C)N1CCCC1. The Morgan fingerprint density at radius 3 is 2.50 bits per heavy atom. The van der Waals surface area contributed by atoms with Crippen LogP contribution in [0.3, 0.4) is 0 Å². The number of likely N-dealkylation sites (tertiary alicyclic amines) is 1. The van der Waals surface area contributed by atoms with E-state index in [-0.39, 0.29) is 5.41 Å². The largest absolute Gasteiger partial charge is 0.443 e. The summed E-state index contributed by atoms with van der Waals surface area (Å²) < 4.78 is 5.84. The predicted octanol–water partition coefficient (Wildman–Crippen LogP) is 3.15. The smallest absolute Gasteiger partial charge is 0.213 e. The van der Waals surface area contributed by atoms with Crippen LogP contribution < -0.4 is 10.6 Å². The lowest BCUT2D eigenvalue weighted by Crippen LogP contribution is -2.46. The zero-order valence-electron chi connectivity index (χ0n) is 17.4. The van der Waals surface area contributed by atoms with E-state index in [0.29, 0.717) is 24.4 Å². The van der Waals surface area contributed by atoms with Crippen molar-refractivity contribution >= 4 is 5.96 Å². The molecule has 1 fully saturated rings. The van der Waals surface area contributed by atoms with Crippen LogP contribution in [0.5, 0.6) is 0 Å². The van der Waals surface area contributed by atoms with Crippen LogP contribution in [0.4, 0.5) is 0 Å². The van der Waals surface area contributed by atoms with E-state index in [1.54, 1.807) is 7.05 Å². The Balaban J connectivity index is 1.85. The first-order valence-corrected chi connectivity index (χ1v) is 9.93. The maximum absolute atomic E-state index is 5.84. The van der Waals surface area contributed by atoms with E-state index in [0.717, 1.165) is 18.3 Å². The van der Waals surface area contributed by atoms with Crippen LogP contribution in [0.25, 0.3) is 0 Å². The van der Waals surface area contributed by atoms with Gasteiger partial charge in [-0.1, -0.05) is 34.6 Å². The van der Waals surface area contributed by atoms with Crippen LogP contribution in [0, 0.1) is 5.92 Å². The molecule has 1 saturated heterocycles. The number of guanidine groups is 1. The molecule has 1 aromatic rings. The van der Waals surface area contributed by atoms with Crippen LogP contribution in [-0.2, 0) is 12.0 Å². The second kappa shape index (κ2) is 9.40. The lowest BCUT2D eigenvalue weighted by atomic mass is 9.94. The van der Waals surface area contributed by atoms with Crippen LogP contribution in [0.2, 0.25) is 0 Å². The number of nitrogens with zero attached hydrogens (tertiary/aromatic N) is 3. The highest BCUT2D eigenvalue weighted by atomic mass is 16.4. The standard InChI is InChI=1S/C20H37N5O/c1-15(2)11-16(25-9-7-8-10-25)12-23-19(21-6)24-14-18-22-13-17(26-18)20(3,4)5/h13,15-16H,7-12,14H2,1-6H3,(H2,21,23,24). The maximum Gasteiger partial charge on any atom is 0.213 e. The summed E-state index contributed by atoms with van der Waals surface area (Å²) in [5, 5.41) is 6.80. The number of aliphatic imine (C=N–C) groups is 1. The van der Waals surface area contributed by atoms with Gasteiger partial charge in [0.15, 0.2) is 5.96 Å². The molecule has 0 aliphatic carbocycles. The van der Waals surface area contributed by atoms with Crippen molar-refractivity contribution < 1.29 is 4.42 Å². The minimum Gasteiger partial charge on any atom is -0.443 e. The van der Waals surface area contributed by atoms with Crippen LogP contribution in [0.1, 0.15) is 65.5 Å². The third kappa shape index (κ3) is 6.31. The molecule has 2 N–H and O–H groups in total. The fourth-order valence-electron chi connectivity index (χ4n) is 3.35. The third-order valence-corrected chi connectivity index (χ3v) is 4.83. The van der Waals surface area contributed by atoms with Crippen LogP contribution in [-0.4, -0.2) is 48.6 Å². The van der Waals surface area contributed by atoms with Crippen LogP contribution in [0.15, 0.2) is 15.6 Å². The quantitative estimate of drug-likeness (QED) is 0.575. The van der Waals surface area contributed by atoms with Crippen molar-refractivity contribution in [3.8, 4) is 0 Å². The molecule has 6 nitrogen and oxygen atoms in total. The minimum atomic E-state index is -0.0228. The fourth-order valence-corrected chi connectivity index (χ4v) is 3.35. The summed E-state index contributed by atoms with van der Waals surface area (Å²) in [7, 11) is 1.80. The molecule has 0 radical (unpaired) electrons. The first kappa shape index (κ1) is 20.7. The molecule has 2 rings (SSSR count). The molecule has 1 aliphatic rings. The number of aromatic nitrogens is 1. The number of hydrogen-bond donors (Lipinski definition) is 2. The van der Waals surface area contributed by atoms with Crippen LogP contribution >= 0.6 is 0 Å². The summed E-state index contributed by atoms with van der Waals surface area (Å²) in [4.78, 5) is 11.3.